The van der Waals surface area contributed by atoms with Gasteiger partial charge in [-0.15, -0.1) is 0 Å². The van der Waals surface area contributed by atoms with Gasteiger partial charge >= 0.3 is 5.97 Å². The Balaban J connectivity index is 1.62. The Kier molecular flexibility index (Phi) is 7.82. The number of aromatic nitrogens is 1. The van der Waals surface area contributed by atoms with Crippen LogP contribution in [0, 0.1) is 0 Å². The number of hydrogen-bond donors (Lipinski definition) is 2. The number of rotatable bonds is 9. The summed E-state index contributed by atoms with van der Waals surface area (Å²) in [5.41, 5.74) is 1.27. The molecule has 2 rings (SSSR count). The van der Waals surface area contributed by atoms with Crippen LogP contribution in [0.5, 0.6) is 0 Å². The molecule has 0 fully saturated rings. The van der Waals surface area contributed by atoms with Gasteiger partial charge in [-0.2, -0.15) is 0 Å². The van der Waals surface area contributed by atoms with Crippen LogP contribution in [0.4, 0.5) is 0 Å². The largest absolute Gasteiger partial charge is 0.469 e. The number of esters is 1. The molecule has 0 spiro atoms. The van der Waals surface area contributed by atoms with Crippen LogP contribution in [0.15, 0.2) is 41.5 Å². The second-order valence-electron chi connectivity index (χ2n) is 5.88. The Morgan fingerprint density at radius 3 is 2.64 bits per heavy atom. The average Bonchev–Trinajstić information content (AvgIpc) is 3.06. The molecule has 6 nitrogen and oxygen atoms in total. The number of unbranched alkanes of at least 4 members (excludes halogenated alkanes) is 1. The zero-order valence-corrected chi connectivity index (χ0v) is 15.1. The maximum Gasteiger partial charge on any atom is 0.305 e. The monoisotopic (exact) mass is 344 g/mol. The van der Waals surface area contributed by atoms with Gasteiger partial charge in [-0.1, -0.05) is 18.2 Å². The van der Waals surface area contributed by atoms with Crippen molar-refractivity contribution in [2.45, 2.75) is 32.2 Å². The zero-order valence-electron chi connectivity index (χ0n) is 15.1. The highest BCUT2D eigenvalue weighted by atomic mass is 16.5. The molecule has 0 atom stereocenters. The van der Waals surface area contributed by atoms with E-state index in [9.17, 15) is 4.79 Å². The molecule has 0 unspecified atom stereocenters. The van der Waals surface area contributed by atoms with Crippen molar-refractivity contribution in [2.24, 2.45) is 4.99 Å². The van der Waals surface area contributed by atoms with Crippen LogP contribution in [0.3, 0.4) is 0 Å². The van der Waals surface area contributed by atoms with Crippen LogP contribution in [0.1, 0.15) is 25.7 Å². The molecular formula is C19H28N4O2. The minimum atomic E-state index is -0.153. The topological polar surface area (TPSA) is 67.7 Å². The highest BCUT2D eigenvalue weighted by Crippen LogP contribution is 2.15. The number of methoxy groups -OCH3 is 1. The first kappa shape index (κ1) is 18.8. The molecule has 1 aromatic heterocycles. The number of fused-ring (bicyclic) bond motifs is 1. The first-order valence-electron chi connectivity index (χ1n) is 8.80. The van der Waals surface area contributed by atoms with Crippen LogP contribution < -0.4 is 10.6 Å². The summed E-state index contributed by atoms with van der Waals surface area (Å²) in [4.78, 5) is 15.3. The Labute approximate surface area is 149 Å². The number of aryl methyl sites for hydroxylation is 1. The number of hydrogen-bond acceptors (Lipinski definition) is 3. The molecule has 136 valence electrons. The summed E-state index contributed by atoms with van der Waals surface area (Å²) in [6.45, 7) is 2.61. The lowest BCUT2D eigenvalue weighted by molar-refractivity contribution is -0.140. The maximum atomic E-state index is 11.0. The summed E-state index contributed by atoms with van der Waals surface area (Å²) >= 11 is 0. The van der Waals surface area contributed by atoms with E-state index in [1.54, 1.807) is 7.05 Å². The zero-order chi connectivity index (χ0) is 17.9. The van der Waals surface area contributed by atoms with Crippen molar-refractivity contribution in [1.82, 2.24) is 15.2 Å². The number of carbonyl (C=O) groups excluding carboxylic acids is 1. The van der Waals surface area contributed by atoms with E-state index in [2.05, 4.69) is 61.5 Å². The van der Waals surface area contributed by atoms with Gasteiger partial charge in [-0.3, -0.25) is 9.79 Å². The van der Waals surface area contributed by atoms with E-state index in [0.717, 1.165) is 44.9 Å². The third-order valence-electron chi connectivity index (χ3n) is 4.10. The normalized spacial score (nSPS) is 11.5. The molecule has 0 saturated heterocycles. The molecular weight excluding hydrogens is 316 g/mol. The minimum absolute atomic E-state index is 0.153. The van der Waals surface area contributed by atoms with E-state index >= 15 is 0 Å². The molecule has 0 saturated carbocycles. The molecule has 0 amide bonds. The summed E-state index contributed by atoms with van der Waals surface area (Å²) in [5.74, 6) is 0.649. The van der Waals surface area contributed by atoms with Crippen LogP contribution >= 0.6 is 0 Å². The third-order valence-corrected chi connectivity index (χ3v) is 4.10. The van der Waals surface area contributed by atoms with Gasteiger partial charge in [0.15, 0.2) is 5.96 Å². The van der Waals surface area contributed by atoms with E-state index in [4.69, 9.17) is 0 Å². The van der Waals surface area contributed by atoms with Gasteiger partial charge in [0.2, 0.25) is 0 Å². The number of para-hydroxylation sites is 1. The van der Waals surface area contributed by atoms with Crippen molar-refractivity contribution in [3.63, 3.8) is 0 Å². The molecule has 0 aliphatic heterocycles. The predicted octanol–water partition coefficient (Wildman–Crippen LogP) is 2.54. The summed E-state index contributed by atoms with van der Waals surface area (Å²) in [6.07, 6.45) is 5.35. The SMILES string of the molecule is CN=C(NCCCCC(=O)OC)NCCCn1ccc2ccccc21. The van der Waals surface area contributed by atoms with Crippen LogP contribution in [-0.4, -0.2) is 43.7 Å². The molecule has 0 aliphatic carbocycles. The summed E-state index contributed by atoms with van der Waals surface area (Å²) in [6, 6.07) is 10.6. The Hall–Kier alpha value is -2.50. The molecule has 2 aromatic rings. The van der Waals surface area contributed by atoms with Crippen LogP contribution in [-0.2, 0) is 16.1 Å². The summed E-state index contributed by atoms with van der Waals surface area (Å²) < 4.78 is 6.90. The Bertz CT molecular complexity index is 694. The van der Waals surface area contributed by atoms with Crippen molar-refractivity contribution in [3.8, 4) is 0 Å². The molecule has 1 aromatic carbocycles. The lowest BCUT2D eigenvalue weighted by atomic mass is 10.2. The van der Waals surface area contributed by atoms with Crippen LogP contribution in [0.25, 0.3) is 10.9 Å². The number of nitrogens with one attached hydrogen (secondary N) is 2. The molecule has 6 heteroatoms. The lowest BCUT2D eigenvalue weighted by Crippen LogP contribution is -2.38. The van der Waals surface area contributed by atoms with Gasteiger partial charge in [-0.05, 0) is 36.8 Å². The van der Waals surface area contributed by atoms with Gasteiger partial charge < -0.3 is 19.9 Å². The summed E-state index contributed by atoms with van der Waals surface area (Å²) in [7, 11) is 3.19. The van der Waals surface area contributed by atoms with Crippen molar-refractivity contribution in [2.75, 3.05) is 27.2 Å². The first-order chi connectivity index (χ1) is 12.2. The number of nitrogens with zero attached hydrogens (tertiary/aromatic N) is 2. The second-order valence-corrected chi connectivity index (χ2v) is 5.88. The lowest BCUT2D eigenvalue weighted by Gasteiger charge is -2.12. The van der Waals surface area contributed by atoms with E-state index in [-0.39, 0.29) is 5.97 Å². The average molecular weight is 344 g/mol. The van der Waals surface area contributed by atoms with Crippen molar-refractivity contribution < 1.29 is 9.53 Å². The number of guanidine groups is 1. The smallest absolute Gasteiger partial charge is 0.305 e. The van der Waals surface area contributed by atoms with Gasteiger partial charge in [0.05, 0.1) is 7.11 Å². The molecule has 0 aliphatic rings. The number of benzene rings is 1. The maximum absolute atomic E-state index is 11.0. The van der Waals surface area contributed by atoms with Crippen molar-refractivity contribution in [3.05, 3.63) is 36.5 Å². The van der Waals surface area contributed by atoms with E-state index in [1.165, 1.54) is 18.0 Å². The van der Waals surface area contributed by atoms with Crippen molar-refractivity contribution in [1.29, 1.82) is 0 Å². The number of aliphatic imine (C=N–C) groups is 1. The van der Waals surface area contributed by atoms with Gasteiger partial charge in [0, 0.05) is 44.8 Å². The van der Waals surface area contributed by atoms with E-state index < -0.39 is 0 Å². The number of carbonyl (C=O) groups is 1. The van der Waals surface area contributed by atoms with Gasteiger partial charge in [0.25, 0.3) is 0 Å². The quantitative estimate of drug-likeness (QED) is 0.317. The second kappa shape index (κ2) is 10.4. The van der Waals surface area contributed by atoms with Gasteiger partial charge in [0.1, 0.15) is 0 Å². The fourth-order valence-corrected chi connectivity index (χ4v) is 2.72. The standard InChI is InChI=1S/C19H28N4O2/c1-20-19(21-12-6-5-10-18(24)25-2)22-13-7-14-23-15-11-16-8-3-4-9-17(16)23/h3-4,8-9,11,15H,5-7,10,12-14H2,1-2H3,(H2,20,21,22). The molecule has 2 N–H and O–H groups in total. The van der Waals surface area contributed by atoms with E-state index in [1.807, 2.05) is 0 Å². The van der Waals surface area contributed by atoms with Crippen molar-refractivity contribution >= 4 is 22.8 Å². The molecule has 0 radical (unpaired) electrons. The van der Waals surface area contributed by atoms with Gasteiger partial charge in [-0.25, -0.2) is 0 Å². The van der Waals surface area contributed by atoms with Crippen LogP contribution in [0.2, 0.25) is 0 Å². The summed E-state index contributed by atoms with van der Waals surface area (Å²) in [5, 5.41) is 7.87. The first-order valence-corrected chi connectivity index (χ1v) is 8.80. The van der Waals surface area contributed by atoms with E-state index in [0.29, 0.717) is 6.42 Å². The molecule has 0 bridgehead atoms. The fraction of sp³-hybridized carbons (Fsp3) is 0.474. The third kappa shape index (κ3) is 6.14. The Morgan fingerprint density at radius 1 is 1.12 bits per heavy atom. The Morgan fingerprint density at radius 2 is 1.88 bits per heavy atom. The molecule has 25 heavy (non-hydrogen) atoms. The highest BCUT2D eigenvalue weighted by Gasteiger charge is 2.02. The highest BCUT2D eigenvalue weighted by molar-refractivity contribution is 5.80. The number of ether oxygens (including phenoxy) is 1. The molecule has 1 heterocycles. The minimum Gasteiger partial charge on any atom is -0.469 e. The predicted molar refractivity (Wildman–Crippen MR) is 102 cm³/mol. The fourth-order valence-electron chi connectivity index (χ4n) is 2.72.